The summed E-state index contributed by atoms with van der Waals surface area (Å²) < 4.78 is 23.8. The van der Waals surface area contributed by atoms with E-state index in [1.165, 1.54) is 0 Å². The van der Waals surface area contributed by atoms with Gasteiger partial charge in [-0.1, -0.05) is 65.8 Å². The average molecular weight is 367 g/mol. The van der Waals surface area contributed by atoms with Crippen LogP contribution in [0.15, 0.2) is 65.8 Å². The molecule has 0 spiro atoms. The van der Waals surface area contributed by atoms with Crippen molar-refractivity contribution in [2.24, 2.45) is 5.11 Å². The maximum Gasteiger partial charge on any atom is 0.169 e. The highest BCUT2D eigenvalue weighted by molar-refractivity contribution is 5.15. The molecule has 0 N–H and O–H groups in total. The first-order valence-corrected chi connectivity index (χ1v) is 8.97. The molecular formula is C20H21N3O4. The van der Waals surface area contributed by atoms with E-state index in [0.29, 0.717) is 19.8 Å². The number of hydrogen-bond acceptors (Lipinski definition) is 5. The second-order valence-electron chi connectivity index (χ2n) is 6.59. The zero-order valence-electron chi connectivity index (χ0n) is 14.8. The van der Waals surface area contributed by atoms with Crippen LogP contribution in [0.2, 0.25) is 0 Å². The molecule has 2 fully saturated rings. The Kier molecular flexibility index (Phi) is 5.67. The standard InChI is InChI=1S/C20H21N3O4/c21-23-22-17-19(25-12-15-9-5-2-6-10-15)18(16-13-26-20(17)27-16)24-11-14-7-3-1-4-8-14/h1-10,16-20H,11-13H2/t16-,17+,18-,19?,20?/m1/s1. The van der Waals surface area contributed by atoms with E-state index in [-0.39, 0.29) is 12.2 Å². The Bertz CT molecular complexity index is 782. The van der Waals surface area contributed by atoms with Gasteiger partial charge in [-0.05, 0) is 16.7 Å². The van der Waals surface area contributed by atoms with Gasteiger partial charge in [0, 0.05) is 4.91 Å². The molecule has 140 valence electrons. The van der Waals surface area contributed by atoms with Crippen LogP contribution in [0.25, 0.3) is 10.4 Å². The Hall–Kier alpha value is -2.41. The predicted molar refractivity (Wildman–Crippen MR) is 97.6 cm³/mol. The summed E-state index contributed by atoms with van der Waals surface area (Å²) >= 11 is 0. The summed E-state index contributed by atoms with van der Waals surface area (Å²) in [5, 5.41) is 3.89. The Morgan fingerprint density at radius 2 is 1.52 bits per heavy atom. The average Bonchev–Trinajstić information content (AvgIpc) is 3.15. The van der Waals surface area contributed by atoms with E-state index in [4.69, 9.17) is 24.5 Å². The van der Waals surface area contributed by atoms with Crippen molar-refractivity contribution < 1.29 is 18.9 Å². The molecule has 27 heavy (non-hydrogen) atoms. The molecule has 2 saturated heterocycles. The molecule has 2 bridgehead atoms. The maximum absolute atomic E-state index is 8.99. The summed E-state index contributed by atoms with van der Waals surface area (Å²) in [6.07, 6.45) is -1.67. The molecule has 0 aliphatic carbocycles. The van der Waals surface area contributed by atoms with E-state index < -0.39 is 18.4 Å². The molecule has 0 radical (unpaired) electrons. The SMILES string of the molecule is [N-]=[N+]=N[C@@H]1C2OC[C@@H](O2)[C@@H](OCc2ccccc2)C1OCc1ccccc1. The van der Waals surface area contributed by atoms with Crippen molar-refractivity contribution in [1.82, 2.24) is 0 Å². The molecule has 2 aliphatic rings. The first kappa shape index (κ1) is 18.0. The molecule has 0 aromatic heterocycles. The van der Waals surface area contributed by atoms with Crippen LogP contribution in [-0.2, 0) is 32.2 Å². The van der Waals surface area contributed by atoms with Gasteiger partial charge in [0.05, 0.1) is 19.8 Å². The van der Waals surface area contributed by atoms with Crippen molar-refractivity contribution in [2.45, 2.75) is 43.9 Å². The Balaban J connectivity index is 1.52. The number of azide groups is 1. The van der Waals surface area contributed by atoms with Crippen LogP contribution >= 0.6 is 0 Å². The lowest BCUT2D eigenvalue weighted by molar-refractivity contribution is -0.211. The quantitative estimate of drug-likeness (QED) is 0.425. The largest absolute Gasteiger partial charge is 0.370 e. The summed E-state index contributed by atoms with van der Waals surface area (Å²) in [5.74, 6) is 0. The first-order valence-electron chi connectivity index (χ1n) is 8.97. The summed E-state index contributed by atoms with van der Waals surface area (Å²) in [6, 6.07) is 19.2. The van der Waals surface area contributed by atoms with Gasteiger partial charge in [-0.3, -0.25) is 0 Å². The van der Waals surface area contributed by atoms with Gasteiger partial charge in [0.1, 0.15) is 24.4 Å². The van der Waals surface area contributed by atoms with E-state index in [1.807, 2.05) is 60.7 Å². The van der Waals surface area contributed by atoms with Crippen LogP contribution in [0, 0.1) is 0 Å². The number of nitrogens with zero attached hydrogens (tertiary/aromatic N) is 3. The van der Waals surface area contributed by atoms with E-state index in [1.54, 1.807) is 0 Å². The first-order chi connectivity index (χ1) is 13.3. The lowest BCUT2D eigenvalue weighted by atomic mass is 9.98. The summed E-state index contributed by atoms with van der Waals surface area (Å²) in [7, 11) is 0. The molecule has 2 aromatic rings. The van der Waals surface area contributed by atoms with Crippen molar-refractivity contribution in [3.05, 3.63) is 82.2 Å². The van der Waals surface area contributed by atoms with E-state index in [9.17, 15) is 0 Å². The molecular weight excluding hydrogens is 346 g/mol. The van der Waals surface area contributed by atoms with Crippen LogP contribution in [-0.4, -0.2) is 37.3 Å². The van der Waals surface area contributed by atoms with Crippen molar-refractivity contribution in [3.8, 4) is 0 Å². The van der Waals surface area contributed by atoms with Crippen LogP contribution in [0.1, 0.15) is 11.1 Å². The minimum Gasteiger partial charge on any atom is -0.370 e. The van der Waals surface area contributed by atoms with E-state index >= 15 is 0 Å². The summed E-state index contributed by atoms with van der Waals surface area (Å²) in [4.78, 5) is 2.96. The number of hydrogen-bond donors (Lipinski definition) is 0. The highest BCUT2D eigenvalue weighted by atomic mass is 16.7. The molecule has 7 heteroatoms. The molecule has 0 amide bonds. The highest BCUT2D eigenvalue weighted by Crippen LogP contribution is 2.34. The number of rotatable bonds is 7. The molecule has 2 aromatic carbocycles. The van der Waals surface area contributed by atoms with E-state index in [2.05, 4.69) is 10.0 Å². The van der Waals surface area contributed by atoms with Crippen LogP contribution in [0.5, 0.6) is 0 Å². The van der Waals surface area contributed by atoms with Gasteiger partial charge in [-0.25, -0.2) is 0 Å². The van der Waals surface area contributed by atoms with Gasteiger partial charge in [-0.2, -0.15) is 0 Å². The summed E-state index contributed by atoms with van der Waals surface area (Å²) in [5.41, 5.74) is 11.1. The minimum atomic E-state index is -0.599. The van der Waals surface area contributed by atoms with Gasteiger partial charge in [0.15, 0.2) is 6.29 Å². The molecule has 7 nitrogen and oxygen atoms in total. The fourth-order valence-electron chi connectivity index (χ4n) is 3.46. The van der Waals surface area contributed by atoms with Gasteiger partial charge in [0.25, 0.3) is 0 Å². The van der Waals surface area contributed by atoms with Crippen molar-refractivity contribution in [3.63, 3.8) is 0 Å². The third-order valence-electron chi connectivity index (χ3n) is 4.79. The van der Waals surface area contributed by atoms with Gasteiger partial charge >= 0.3 is 0 Å². The molecule has 2 aliphatic heterocycles. The molecule has 0 saturated carbocycles. The second-order valence-corrected chi connectivity index (χ2v) is 6.59. The molecule has 2 unspecified atom stereocenters. The number of fused-ring (bicyclic) bond motifs is 2. The predicted octanol–water partition coefficient (Wildman–Crippen LogP) is 3.59. The number of ether oxygens (including phenoxy) is 4. The van der Waals surface area contributed by atoms with Gasteiger partial charge < -0.3 is 18.9 Å². The second kappa shape index (κ2) is 8.52. The Morgan fingerprint density at radius 1 is 0.926 bits per heavy atom. The zero-order chi connectivity index (χ0) is 18.5. The smallest absolute Gasteiger partial charge is 0.169 e. The fraction of sp³-hybridized carbons (Fsp3) is 0.400. The van der Waals surface area contributed by atoms with Crippen LogP contribution in [0.4, 0.5) is 0 Å². The number of benzene rings is 2. The topological polar surface area (TPSA) is 85.7 Å². The lowest BCUT2D eigenvalue weighted by Gasteiger charge is -2.38. The Labute approximate surface area is 157 Å². The zero-order valence-corrected chi connectivity index (χ0v) is 14.8. The van der Waals surface area contributed by atoms with Crippen molar-refractivity contribution >= 4 is 0 Å². The van der Waals surface area contributed by atoms with Gasteiger partial charge in [0.2, 0.25) is 0 Å². The summed E-state index contributed by atoms with van der Waals surface area (Å²) in [6.45, 7) is 1.21. The highest BCUT2D eigenvalue weighted by Gasteiger charge is 2.51. The fourth-order valence-corrected chi connectivity index (χ4v) is 3.46. The molecule has 2 heterocycles. The van der Waals surface area contributed by atoms with E-state index in [0.717, 1.165) is 11.1 Å². The normalized spacial score (nSPS) is 29.3. The van der Waals surface area contributed by atoms with Crippen molar-refractivity contribution in [2.75, 3.05) is 6.61 Å². The van der Waals surface area contributed by atoms with Crippen LogP contribution < -0.4 is 0 Å². The Morgan fingerprint density at radius 3 is 2.11 bits per heavy atom. The monoisotopic (exact) mass is 367 g/mol. The molecule has 4 rings (SSSR count). The maximum atomic E-state index is 8.99. The third kappa shape index (κ3) is 4.13. The van der Waals surface area contributed by atoms with Gasteiger partial charge in [-0.15, -0.1) is 0 Å². The lowest BCUT2D eigenvalue weighted by Crippen LogP contribution is -2.55. The third-order valence-corrected chi connectivity index (χ3v) is 4.79. The minimum absolute atomic E-state index is 0.246. The van der Waals surface area contributed by atoms with Crippen molar-refractivity contribution in [1.29, 1.82) is 0 Å². The van der Waals surface area contributed by atoms with Crippen LogP contribution in [0.3, 0.4) is 0 Å². The molecule has 5 atom stereocenters.